The fourth-order valence-electron chi connectivity index (χ4n) is 3.48. The molecule has 4 atom stereocenters. The van der Waals surface area contributed by atoms with E-state index >= 15 is 0 Å². The standard InChI is InChI=1S/C20H23F2N5O5/c1-3-23-20-26-13-16(27(20)18-15(29)14(28)10(2)31-18)24-9-25-17(13)30-8-11-4-6-12(7-5-11)32-19(21)22/h4-7,9-10,14-15,18-19,28-29H,3,8H2,1-2H3,(H,23,26)/t10-,14-,15-,18-/m1/s1. The summed E-state index contributed by atoms with van der Waals surface area (Å²) in [6.07, 6.45) is -2.40. The van der Waals surface area contributed by atoms with Crippen molar-refractivity contribution in [2.75, 3.05) is 11.9 Å². The Kier molecular flexibility index (Phi) is 6.35. The minimum absolute atomic E-state index is 0.0498. The van der Waals surface area contributed by atoms with Gasteiger partial charge >= 0.3 is 6.61 Å². The predicted molar refractivity (Wildman–Crippen MR) is 108 cm³/mol. The monoisotopic (exact) mass is 451 g/mol. The highest BCUT2D eigenvalue weighted by molar-refractivity contribution is 5.79. The van der Waals surface area contributed by atoms with E-state index in [1.54, 1.807) is 23.6 Å². The van der Waals surface area contributed by atoms with Crippen molar-refractivity contribution in [2.24, 2.45) is 0 Å². The van der Waals surface area contributed by atoms with E-state index in [0.29, 0.717) is 29.2 Å². The number of hydrogen-bond donors (Lipinski definition) is 3. The van der Waals surface area contributed by atoms with Crippen molar-refractivity contribution in [3.05, 3.63) is 36.2 Å². The number of aromatic nitrogens is 4. The van der Waals surface area contributed by atoms with Gasteiger partial charge in [-0.25, -0.2) is 9.97 Å². The smallest absolute Gasteiger partial charge is 0.387 e. The van der Waals surface area contributed by atoms with E-state index < -0.39 is 31.2 Å². The number of halogens is 2. The molecule has 10 nitrogen and oxygen atoms in total. The highest BCUT2D eigenvalue weighted by Gasteiger charge is 2.43. The minimum Gasteiger partial charge on any atom is -0.471 e. The Balaban J connectivity index is 1.61. The molecule has 1 aromatic carbocycles. The van der Waals surface area contributed by atoms with Gasteiger partial charge in [0.05, 0.1) is 6.10 Å². The molecule has 172 valence electrons. The zero-order valence-electron chi connectivity index (χ0n) is 17.4. The van der Waals surface area contributed by atoms with E-state index in [4.69, 9.17) is 9.47 Å². The Hall–Kier alpha value is -3.09. The van der Waals surface area contributed by atoms with Gasteiger partial charge in [-0.1, -0.05) is 12.1 Å². The first-order valence-corrected chi connectivity index (χ1v) is 10.0. The summed E-state index contributed by atoms with van der Waals surface area (Å²) in [7, 11) is 0. The van der Waals surface area contributed by atoms with Gasteiger partial charge in [-0.15, -0.1) is 0 Å². The number of hydrogen-bond acceptors (Lipinski definition) is 9. The van der Waals surface area contributed by atoms with Crippen LogP contribution in [0.15, 0.2) is 30.6 Å². The van der Waals surface area contributed by atoms with Crippen molar-refractivity contribution < 1.29 is 33.2 Å². The van der Waals surface area contributed by atoms with Crippen LogP contribution in [0.25, 0.3) is 11.2 Å². The van der Waals surface area contributed by atoms with Crippen molar-refractivity contribution in [2.45, 2.75) is 51.6 Å². The summed E-state index contributed by atoms with van der Waals surface area (Å²) in [5, 5.41) is 23.7. The first-order chi connectivity index (χ1) is 15.4. The first kappa shape index (κ1) is 22.1. The molecule has 0 amide bonds. The molecule has 2 aromatic heterocycles. The molecule has 12 heteroatoms. The van der Waals surface area contributed by atoms with Crippen molar-refractivity contribution in [1.82, 2.24) is 19.5 Å². The molecule has 0 unspecified atom stereocenters. The van der Waals surface area contributed by atoms with Gasteiger partial charge in [0.15, 0.2) is 17.4 Å². The maximum absolute atomic E-state index is 12.3. The second-order valence-electron chi connectivity index (χ2n) is 7.21. The number of nitrogens with one attached hydrogen (secondary N) is 1. The number of nitrogens with zero attached hydrogens (tertiary/aromatic N) is 4. The third kappa shape index (κ3) is 4.29. The van der Waals surface area contributed by atoms with E-state index in [9.17, 15) is 19.0 Å². The van der Waals surface area contributed by atoms with Crippen LogP contribution in [-0.2, 0) is 11.3 Å². The van der Waals surface area contributed by atoms with E-state index in [1.807, 2.05) is 6.92 Å². The number of fused-ring (bicyclic) bond motifs is 1. The summed E-state index contributed by atoms with van der Waals surface area (Å²) in [6, 6.07) is 6.04. The Labute approximate surface area is 181 Å². The van der Waals surface area contributed by atoms with E-state index in [0.717, 1.165) is 0 Å². The molecule has 3 aromatic rings. The number of aliphatic hydroxyl groups excluding tert-OH is 2. The second-order valence-corrected chi connectivity index (χ2v) is 7.21. The zero-order valence-corrected chi connectivity index (χ0v) is 17.4. The third-order valence-corrected chi connectivity index (χ3v) is 5.03. The summed E-state index contributed by atoms with van der Waals surface area (Å²) in [4.78, 5) is 12.9. The maximum atomic E-state index is 12.3. The summed E-state index contributed by atoms with van der Waals surface area (Å²) >= 11 is 0. The molecule has 4 rings (SSSR count). The van der Waals surface area contributed by atoms with Gasteiger partial charge in [-0.05, 0) is 31.5 Å². The molecule has 32 heavy (non-hydrogen) atoms. The summed E-state index contributed by atoms with van der Waals surface area (Å²) in [6.45, 7) is 1.31. The molecule has 1 aliphatic heterocycles. The molecule has 0 aliphatic carbocycles. The molecule has 0 saturated carbocycles. The lowest BCUT2D eigenvalue weighted by Crippen LogP contribution is -2.30. The Bertz CT molecular complexity index is 1060. The van der Waals surface area contributed by atoms with Gasteiger partial charge in [0.2, 0.25) is 11.8 Å². The number of rotatable bonds is 8. The van der Waals surface area contributed by atoms with Crippen LogP contribution >= 0.6 is 0 Å². The summed E-state index contributed by atoms with van der Waals surface area (Å²) in [5.41, 5.74) is 1.40. The fraction of sp³-hybridized carbons (Fsp3) is 0.450. The molecule has 0 radical (unpaired) electrons. The molecule has 1 aliphatic rings. The minimum atomic E-state index is -2.89. The average molecular weight is 451 g/mol. The van der Waals surface area contributed by atoms with Crippen molar-refractivity contribution in [3.63, 3.8) is 0 Å². The van der Waals surface area contributed by atoms with Crippen LogP contribution in [0, 0.1) is 0 Å². The molecule has 1 saturated heterocycles. The number of benzene rings is 1. The normalized spacial score (nSPS) is 23.1. The van der Waals surface area contributed by atoms with Gasteiger partial charge < -0.3 is 29.7 Å². The van der Waals surface area contributed by atoms with E-state index in [2.05, 4.69) is 25.0 Å². The molecule has 3 heterocycles. The van der Waals surface area contributed by atoms with Gasteiger partial charge in [-0.3, -0.25) is 4.57 Å². The fourth-order valence-corrected chi connectivity index (χ4v) is 3.48. The topological polar surface area (TPSA) is 124 Å². The van der Waals surface area contributed by atoms with Gasteiger partial charge in [0.25, 0.3) is 0 Å². The third-order valence-electron chi connectivity index (χ3n) is 5.03. The number of alkyl halides is 2. The lowest BCUT2D eigenvalue weighted by Gasteiger charge is -2.19. The van der Waals surface area contributed by atoms with Gasteiger partial charge in [0, 0.05) is 6.54 Å². The maximum Gasteiger partial charge on any atom is 0.387 e. The highest BCUT2D eigenvalue weighted by Crippen LogP contribution is 2.35. The van der Waals surface area contributed by atoms with E-state index in [-0.39, 0.29) is 18.2 Å². The molecule has 3 N–H and O–H groups in total. The second kappa shape index (κ2) is 9.18. The highest BCUT2D eigenvalue weighted by atomic mass is 19.3. The number of ether oxygens (including phenoxy) is 3. The lowest BCUT2D eigenvalue weighted by molar-refractivity contribution is -0.0498. The van der Waals surface area contributed by atoms with Crippen molar-refractivity contribution in [1.29, 1.82) is 0 Å². The van der Waals surface area contributed by atoms with Gasteiger partial charge in [-0.2, -0.15) is 13.8 Å². The average Bonchev–Trinajstić information content (AvgIpc) is 3.25. The number of anilines is 1. The Morgan fingerprint density at radius 3 is 2.56 bits per heavy atom. The largest absolute Gasteiger partial charge is 0.471 e. The van der Waals surface area contributed by atoms with E-state index in [1.165, 1.54) is 18.5 Å². The SMILES string of the molecule is CCNc1nc2c(OCc3ccc(OC(F)F)cc3)ncnc2n1[C@@H]1O[C@H](C)[C@@H](O)[C@H]1O. The molecule has 1 fully saturated rings. The quantitative estimate of drug-likeness (QED) is 0.472. The molecular weight excluding hydrogens is 428 g/mol. The van der Waals surface area contributed by atoms with Crippen LogP contribution in [0.1, 0.15) is 25.6 Å². The lowest BCUT2D eigenvalue weighted by atomic mass is 10.1. The number of aliphatic hydroxyl groups is 2. The van der Waals surface area contributed by atoms with Gasteiger partial charge in [0.1, 0.15) is 30.9 Å². The van der Waals surface area contributed by atoms with Crippen LogP contribution in [0.3, 0.4) is 0 Å². The molecule has 0 bridgehead atoms. The summed E-state index contributed by atoms with van der Waals surface area (Å²) < 4.78 is 42.1. The Morgan fingerprint density at radius 2 is 1.94 bits per heavy atom. The van der Waals surface area contributed by atoms with Crippen LogP contribution in [0.4, 0.5) is 14.7 Å². The first-order valence-electron chi connectivity index (χ1n) is 10.0. The zero-order chi connectivity index (χ0) is 22.8. The summed E-state index contributed by atoms with van der Waals surface area (Å²) in [5.74, 6) is 0.627. The van der Waals surface area contributed by atoms with Crippen LogP contribution < -0.4 is 14.8 Å². The Morgan fingerprint density at radius 1 is 1.19 bits per heavy atom. The number of imidazole rings is 1. The predicted octanol–water partition coefficient (Wildman–Crippen LogP) is 2.08. The van der Waals surface area contributed by atoms with Crippen molar-refractivity contribution in [3.8, 4) is 11.6 Å². The molecule has 0 spiro atoms. The van der Waals surface area contributed by atoms with Crippen molar-refractivity contribution >= 4 is 17.1 Å². The van der Waals surface area contributed by atoms with Crippen LogP contribution in [0.2, 0.25) is 0 Å². The van der Waals surface area contributed by atoms with Crippen LogP contribution in [0.5, 0.6) is 11.6 Å². The van der Waals surface area contributed by atoms with Crippen LogP contribution in [-0.4, -0.2) is 61.2 Å². The molecular formula is C20H23F2N5O5.